The number of hydrogen-bond donors (Lipinski definition) is 3. The quantitative estimate of drug-likeness (QED) is 0.361. The van der Waals surface area contributed by atoms with Crippen LogP contribution in [0.5, 0.6) is 0 Å². The van der Waals surface area contributed by atoms with Crippen molar-refractivity contribution < 1.29 is 0 Å². The number of guanidine groups is 2. The Morgan fingerprint density at radius 2 is 1.77 bits per heavy atom. The molecule has 9 heteroatoms. The van der Waals surface area contributed by atoms with E-state index in [1.807, 2.05) is 30.3 Å². The second kappa shape index (κ2) is 11.2. The van der Waals surface area contributed by atoms with Crippen LogP contribution in [0.15, 0.2) is 57.3 Å². The summed E-state index contributed by atoms with van der Waals surface area (Å²) in [6.07, 6.45) is 0. The van der Waals surface area contributed by atoms with Crippen molar-refractivity contribution in [1.29, 1.82) is 0 Å². The van der Waals surface area contributed by atoms with Gasteiger partial charge in [-0.15, -0.1) is 24.2 Å². The summed E-state index contributed by atoms with van der Waals surface area (Å²) in [5.41, 5.74) is 13.3. The van der Waals surface area contributed by atoms with Crippen LogP contribution >= 0.6 is 47.4 Å². The van der Waals surface area contributed by atoms with Gasteiger partial charge in [-0.2, -0.15) is 4.99 Å². The molecular formula is C17H20Cl3N5S. The first-order chi connectivity index (χ1) is 12.0. The fraction of sp³-hybridized carbons (Fsp3) is 0.176. The van der Waals surface area contributed by atoms with E-state index in [2.05, 4.69) is 22.2 Å². The molecule has 26 heavy (non-hydrogen) atoms. The van der Waals surface area contributed by atoms with E-state index in [0.29, 0.717) is 16.6 Å². The van der Waals surface area contributed by atoms with Gasteiger partial charge in [0, 0.05) is 10.6 Å². The average molecular weight is 433 g/mol. The second-order valence-corrected chi connectivity index (χ2v) is 7.15. The third-order valence-corrected chi connectivity index (χ3v) is 4.71. The SMILES string of the molecule is CCSc1ccc(N/C(N)=N/C(N)=NCc2ccc(Cl)c(Cl)c2)cc1.Cl. The van der Waals surface area contributed by atoms with E-state index in [9.17, 15) is 0 Å². The Labute approximate surface area is 173 Å². The highest BCUT2D eigenvalue weighted by atomic mass is 35.5. The Hall–Kier alpha value is -1.60. The van der Waals surface area contributed by atoms with Crippen molar-refractivity contribution >= 4 is 65.0 Å². The Bertz CT molecular complexity index is 778. The molecule has 2 rings (SSSR count). The molecule has 2 aromatic rings. The Kier molecular flexibility index (Phi) is 9.65. The van der Waals surface area contributed by atoms with E-state index >= 15 is 0 Å². The van der Waals surface area contributed by atoms with Crippen molar-refractivity contribution in [2.24, 2.45) is 21.5 Å². The molecule has 0 aliphatic heterocycles. The number of thioether (sulfide) groups is 1. The molecule has 0 aliphatic carbocycles. The minimum absolute atomic E-state index is 0. The fourth-order valence-electron chi connectivity index (χ4n) is 1.95. The van der Waals surface area contributed by atoms with Gasteiger partial charge in [-0.3, -0.25) is 0 Å². The number of nitrogens with zero attached hydrogens (tertiary/aromatic N) is 2. The summed E-state index contributed by atoms with van der Waals surface area (Å²) in [5.74, 6) is 1.28. The normalized spacial score (nSPS) is 11.8. The number of hydrogen-bond acceptors (Lipinski definition) is 2. The molecule has 0 saturated carbocycles. The van der Waals surface area contributed by atoms with Crippen molar-refractivity contribution in [2.45, 2.75) is 18.4 Å². The van der Waals surface area contributed by atoms with E-state index in [1.54, 1.807) is 23.9 Å². The van der Waals surface area contributed by atoms with Gasteiger partial charge < -0.3 is 16.8 Å². The lowest BCUT2D eigenvalue weighted by atomic mass is 10.2. The molecular weight excluding hydrogens is 413 g/mol. The predicted molar refractivity (Wildman–Crippen MR) is 117 cm³/mol. The molecule has 0 bridgehead atoms. The highest BCUT2D eigenvalue weighted by molar-refractivity contribution is 7.99. The van der Waals surface area contributed by atoms with Crippen molar-refractivity contribution in [3.05, 3.63) is 58.1 Å². The van der Waals surface area contributed by atoms with Crippen LogP contribution in [0.1, 0.15) is 12.5 Å². The standard InChI is InChI=1S/C17H19Cl2N5S.ClH/c1-2-25-13-6-4-12(5-7-13)23-17(21)24-16(20)22-10-11-3-8-14(18)15(19)9-11;/h3-9H,2,10H2,1H3,(H5,20,21,22,23,24);1H. The molecule has 2 aromatic carbocycles. The Morgan fingerprint density at radius 3 is 2.38 bits per heavy atom. The topological polar surface area (TPSA) is 88.8 Å². The average Bonchev–Trinajstić information content (AvgIpc) is 2.58. The van der Waals surface area contributed by atoms with E-state index in [0.717, 1.165) is 17.0 Å². The first-order valence-electron chi connectivity index (χ1n) is 7.56. The molecule has 5 nitrogen and oxygen atoms in total. The molecule has 0 heterocycles. The number of aliphatic imine (C=N–C) groups is 2. The highest BCUT2D eigenvalue weighted by Crippen LogP contribution is 2.23. The van der Waals surface area contributed by atoms with Gasteiger partial charge in [0.05, 0.1) is 16.6 Å². The molecule has 5 N–H and O–H groups in total. The molecule has 0 aliphatic rings. The number of halogens is 3. The smallest absolute Gasteiger partial charge is 0.218 e. The maximum absolute atomic E-state index is 5.96. The second-order valence-electron chi connectivity index (χ2n) is 5.00. The summed E-state index contributed by atoms with van der Waals surface area (Å²) in [5, 5.41) is 3.95. The molecule has 0 amide bonds. The van der Waals surface area contributed by atoms with Gasteiger partial charge in [-0.05, 0) is 47.7 Å². The Balaban J connectivity index is 0.00000338. The first kappa shape index (κ1) is 22.4. The van der Waals surface area contributed by atoms with Gasteiger partial charge in [0.1, 0.15) is 0 Å². The van der Waals surface area contributed by atoms with Crippen LogP contribution in [0.3, 0.4) is 0 Å². The van der Waals surface area contributed by atoms with Crippen LogP contribution in [0.4, 0.5) is 5.69 Å². The summed E-state index contributed by atoms with van der Waals surface area (Å²) >= 11 is 13.6. The minimum atomic E-state index is 0. The van der Waals surface area contributed by atoms with Crippen LogP contribution in [-0.2, 0) is 6.54 Å². The van der Waals surface area contributed by atoms with Gasteiger partial charge in [0.2, 0.25) is 11.9 Å². The highest BCUT2D eigenvalue weighted by Gasteiger charge is 2.00. The van der Waals surface area contributed by atoms with E-state index in [-0.39, 0.29) is 24.3 Å². The van der Waals surface area contributed by atoms with Crippen molar-refractivity contribution in [3.8, 4) is 0 Å². The van der Waals surface area contributed by atoms with Crippen LogP contribution in [0.2, 0.25) is 10.0 Å². The zero-order valence-corrected chi connectivity index (χ0v) is 17.2. The van der Waals surface area contributed by atoms with Crippen molar-refractivity contribution in [1.82, 2.24) is 0 Å². The predicted octanol–water partition coefficient (Wildman–Crippen LogP) is 4.77. The van der Waals surface area contributed by atoms with Gasteiger partial charge in [0.25, 0.3) is 0 Å². The summed E-state index contributed by atoms with van der Waals surface area (Å²) in [7, 11) is 0. The monoisotopic (exact) mass is 431 g/mol. The summed E-state index contributed by atoms with van der Waals surface area (Å²) in [6, 6.07) is 13.2. The third-order valence-electron chi connectivity index (χ3n) is 3.08. The van der Waals surface area contributed by atoms with Crippen molar-refractivity contribution in [3.63, 3.8) is 0 Å². The van der Waals surface area contributed by atoms with E-state index in [4.69, 9.17) is 34.7 Å². The molecule has 0 spiro atoms. The summed E-state index contributed by atoms with van der Waals surface area (Å²) in [6.45, 7) is 2.45. The van der Waals surface area contributed by atoms with Gasteiger partial charge in [0.15, 0.2) is 0 Å². The largest absolute Gasteiger partial charge is 0.369 e. The van der Waals surface area contributed by atoms with Crippen molar-refractivity contribution in [2.75, 3.05) is 11.1 Å². The Morgan fingerprint density at radius 1 is 1.08 bits per heavy atom. The number of benzene rings is 2. The molecule has 0 aromatic heterocycles. The summed E-state index contributed by atoms with van der Waals surface area (Å²) < 4.78 is 0. The van der Waals surface area contributed by atoms with Gasteiger partial charge >= 0.3 is 0 Å². The number of nitrogens with two attached hydrogens (primary N) is 2. The maximum atomic E-state index is 5.96. The lowest BCUT2D eigenvalue weighted by Gasteiger charge is -2.06. The van der Waals surface area contributed by atoms with Crippen LogP contribution in [0, 0.1) is 0 Å². The first-order valence-corrected chi connectivity index (χ1v) is 9.30. The van der Waals surface area contributed by atoms with Gasteiger partial charge in [-0.1, -0.05) is 36.2 Å². The molecule has 0 unspecified atom stereocenters. The third kappa shape index (κ3) is 7.33. The van der Waals surface area contributed by atoms with Crippen LogP contribution < -0.4 is 16.8 Å². The molecule has 0 atom stereocenters. The van der Waals surface area contributed by atoms with E-state index in [1.165, 1.54) is 4.90 Å². The lowest BCUT2D eigenvalue weighted by Crippen LogP contribution is -2.26. The summed E-state index contributed by atoms with van der Waals surface area (Å²) in [4.78, 5) is 9.40. The minimum Gasteiger partial charge on any atom is -0.369 e. The number of nitrogens with one attached hydrogen (secondary N) is 1. The molecule has 0 radical (unpaired) electrons. The fourth-order valence-corrected chi connectivity index (χ4v) is 2.93. The van der Waals surface area contributed by atoms with Crippen LogP contribution in [0.25, 0.3) is 0 Å². The maximum Gasteiger partial charge on any atom is 0.218 e. The van der Waals surface area contributed by atoms with Gasteiger partial charge in [-0.25, -0.2) is 4.99 Å². The van der Waals surface area contributed by atoms with E-state index < -0.39 is 0 Å². The molecule has 0 fully saturated rings. The van der Waals surface area contributed by atoms with Crippen LogP contribution in [-0.4, -0.2) is 17.7 Å². The zero-order chi connectivity index (χ0) is 18.2. The number of rotatable bonds is 5. The molecule has 0 saturated heterocycles. The zero-order valence-electron chi connectivity index (χ0n) is 14.1. The lowest BCUT2D eigenvalue weighted by molar-refractivity contribution is 1.05. The number of anilines is 1. The molecule has 140 valence electrons.